The Labute approximate surface area is 161 Å². The molecule has 5 nitrogen and oxygen atoms in total. The molecule has 2 aromatic rings. The minimum absolute atomic E-state index is 0.117. The summed E-state index contributed by atoms with van der Waals surface area (Å²) in [7, 11) is 3.25. The predicted octanol–water partition coefficient (Wildman–Crippen LogP) is 4.33. The van der Waals surface area contributed by atoms with E-state index >= 15 is 0 Å². The molecular weight excluding hydrogens is 342 g/mol. The van der Waals surface area contributed by atoms with Gasteiger partial charge in [0.15, 0.2) is 11.5 Å². The van der Waals surface area contributed by atoms with E-state index in [1.807, 2.05) is 50.2 Å². The van der Waals surface area contributed by atoms with Crippen LogP contribution in [0.3, 0.4) is 0 Å². The number of carbonyl (C=O) groups excluding carboxylic acids is 1. The fourth-order valence-corrected chi connectivity index (χ4v) is 2.87. The Hall–Kier alpha value is -2.69. The maximum atomic E-state index is 12.8. The lowest BCUT2D eigenvalue weighted by Gasteiger charge is -2.19. The lowest BCUT2D eigenvalue weighted by molar-refractivity contribution is 0.0925. The molecule has 0 aliphatic carbocycles. The van der Waals surface area contributed by atoms with Gasteiger partial charge in [-0.15, -0.1) is 0 Å². The molecule has 0 radical (unpaired) electrons. The summed E-state index contributed by atoms with van der Waals surface area (Å²) in [5, 5.41) is 3.00. The fourth-order valence-electron chi connectivity index (χ4n) is 2.87. The van der Waals surface area contributed by atoms with Crippen LogP contribution < -0.4 is 19.5 Å². The first-order valence-electron chi connectivity index (χ1n) is 9.12. The van der Waals surface area contributed by atoms with E-state index in [4.69, 9.17) is 14.2 Å². The summed E-state index contributed by atoms with van der Waals surface area (Å²) in [5.74, 6) is 2.28. The summed E-state index contributed by atoms with van der Waals surface area (Å²) >= 11 is 0. The number of amides is 1. The van der Waals surface area contributed by atoms with Gasteiger partial charge in [-0.3, -0.25) is 4.79 Å². The van der Waals surface area contributed by atoms with Crippen molar-refractivity contribution in [3.05, 3.63) is 53.1 Å². The zero-order valence-electron chi connectivity index (χ0n) is 17.0. The number of ether oxygens (including phenoxy) is 3. The second-order valence-electron chi connectivity index (χ2n) is 6.90. The zero-order valence-corrected chi connectivity index (χ0v) is 17.0. The largest absolute Gasteiger partial charge is 0.496 e. The summed E-state index contributed by atoms with van der Waals surface area (Å²) in [5.41, 5.74) is 2.56. The molecule has 5 heteroatoms. The maximum absolute atomic E-state index is 12.8. The highest BCUT2D eigenvalue weighted by atomic mass is 16.5. The Kier molecular flexibility index (Phi) is 7.11. The van der Waals surface area contributed by atoms with Gasteiger partial charge in [0.1, 0.15) is 12.4 Å². The van der Waals surface area contributed by atoms with Gasteiger partial charge in [-0.1, -0.05) is 26.0 Å². The van der Waals surface area contributed by atoms with Crippen LogP contribution in [0.25, 0.3) is 0 Å². The van der Waals surface area contributed by atoms with Crippen LogP contribution in [0.5, 0.6) is 17.2 Å². The fraction of sp³-hybridized carbons (Fsp3) is 0.409. The van der Waals surface area contributed by atoms with E-state index in [1.54, 1.807) is 14.2 Å². The number of carbonyl (C=O) groups is 1. The Morgan fingerprint density at radius 3 is 2.22 bits per heavy atom. The number of para-hydroxylation sites is 2. The van der Waals surface area contributed by atoms with Gasteiger partial charge in [0.2, 0.25) is 0 Å². The van der Waals surface area contributed by atoms with Crippen molar-refractivity contribution in [2.75, 3.05) is 20.8 Å². The molecule has 1 atom stereocenters. The second-order valence-corrected chi connectivity index (χ2v) is 6.90. The second kappa shape index (κ2) is 9.31. The van der Waals surface area contributed by atoms with Crippen molar-refractivity contribution in [2.45, 2.75) is 39.7 Å². The highest BCUT2D eigenvalue weighted by Gasteiger charge is 2.17. The topological polar surface area (TPSA) is 56.8 Å². The Bertz CT molecular complexity index is 786. The summed E-state index contributed by atoms with van der Waals surface area (Å²) in [6.07, 6.45) is 0. The normalized spacial score (nSPS) is 11.8. The quantitative estimate of drug-likeness (QED) is 0.750. The lowest BCUT2D eigenvalue weighted by atomic mass is 9.96. The number of hydrogen-bond acceptors (Lipinski definition) is 4. The van der Waals surface area contributed by atoms with Crippen LogP contribution in [0, 0.1) is 6.92 Å². The van der Waals surface area contributed by atoms with Crippen molar-refractivity contribution < 1.29 is 19.0 Å². The Morgan fingerprint density at radius 2 is 1.63 bits per heavy atom. The summed E-state index contributed by atoms with van der Waals surface area (Å²) in [6.45, 7) is 8.34. The van der Waals surface area contributed by atoms with Gasteiger partial charge in [0, 0.05) is 5.56 Å². The van der Waals surface area contributed by atoms with Crippen molar-refractivity contribution in [1.29, 1.82) is 0 Å². The number of methoxy groups -OCH3 is 2. The average molecular weight is 371 g/mol. The molecule has 0 saturated heterocycles. The molecule has 0 aliphatic rings. The summed E-state index contributed by atoms with van der Waals surface area (Å²) in [4.78, 5) is 12.8. The molecule has 146 valence electrons. The summed E-state index contributed by atoms with van der Waals surface area (Å²) in [6, 6.07) is 11.1. The van der Waals surface area contributed by atoms with E-state index in [-0.39, 0.29) is 17.9 Å². The standard InChI is InChI=1S/C22H29NO4/c1-14(2)17-12-18(15(3)11-21(17)26-6)22(24)23-16(4)13-27-20-10-8-7-9-19(20)25-5/h7-12,14,16H,13H2,1-6H3,(H,23,24)/t16-/m0/s1. The molecule has 0 aliphatic heterocycles. The Morgan fingerprint density at radius 1 is 1.00 bits per heavy atom. The molecule has 1 amide bonds. The molecule has 0 saturated carbocycles. The monoisotopic (exact) mass is 371 g/mol. The van der Waals surface area contributed by atoms with Crippen LogP contribution in [0.15, 0.2) is 36.4 Å². The van der Waals surface area contributed by atoms with Crippen molar-refractivity contribution in [1.82, 2.24) is 5.32 Å². The van der Waals surface area contributed by atoms with Crippen LogP contribution >= 0.6 is 0 Å². The molecule has 0 spiro atoms. The smallest absolute Gasteiger partial charge is 0.251 e. The molecule has 2 aromatic carbocycles. The van der Waals surface area contributed by atoms with Gasteiger partial charge in [-0.05, 0) is 55.2 Å². The van der Waals surface area contributed by atoms with Crippen LogP contribution in [-0.4, -0.2) is 32.8 Å². The SMILES string of the molecule is COc1ccccc1OC[C@H](C)NC(=O)c1cc(C(C)C)c(OC)cc1C. The van der Waals surface area contributed by atoms with E-state index < -0.39 is 0 Å². The number of rotatable bonds is 8. The van der Waals surface area contributed by atoms with Gasteiger partial charge >= 0.3 is 0 Å². The van der Waals surface area contributed by atoms with Gasteiger partial charge < -0.3 is 19.5 Å². The number of aryl methyl sites for hydroxylation is 1. The first-order valence-corrected chi connectivity index (χ1v) is 9.12. The summed E-state index contributed by atoms with van der Waals surface area (Å²) < 4.78 is 16.5. The Balaban J connectivity index is 2.07. The van der Waals surface area contributed by atoms with Crippen LogP contribution in [0.1, 0.15) is 48.2 Å². The van der Waals surface area contributed by atoms with Gasteiger partial charge in [-0.2, -0.15) is 0 Å². The van der Waals surface area contributed by atoms with Crippen molar-refractivity contribution in [2.24, 2.45) is 0 Å². The minimum Gasteiger partial charge on any atom is -0.496 e. The van der Waals surface area contributed by atoms with E-state index in [0.717, 1.165) is 16.9 Å². The number of benzene rings is 2. The third-order valence-corrected chi connectivity index (χ3v) is 4.38. The zero-order chi connectivity index (χ0) is 20.0. The van der Waals surface area contributed by atoms with Crippen molar-refractivity contribution in [3.8, 4) is 17.2 Å². The molecular formula is C22H29NO4. The maximum Gasteiger partial charge on any atom is 0.251 e. The lowest BCUT2D eigenvalue weighted by Crippen LogP contribution is -2.37. The molecule has 2 rings (SSSR count). The first kappa shape index (κ1) is 20.6. The molecule has 0 heterocycles. The van der Waals surface area contributed by atoms with Gasteiger partial charge in [-0.25, -0.2) is 0 Å². The third kappa shape index (κ3) is 5.16. The van der Waals surface area contributed by atoms with E-state index in [9.17, 15) is 4.79 Å². The first-order chi connectivity index (χ1) is 12.9. The highest BCUT2D eigenvalue weighted by Crippen LogP contribution is 2.30. The van der Waals surface area contributed by atoms with E-state index in [0.29, 0.717) is 23.7 Å². The predicted molar refractivity (Wildman–Crippen MR) is 107 cm³/mol. The highest BCUT2D eigenvalue weighted by molar-refractivity contribution is 5.96. The van der Waals surface area contributed by atoms with Gasteiger partial charge in [0.05, 0.1) is 20.3 Å². The van der Waals surface area contributed by atoms with Crippen LogP contribution in [-0.2, 0) is 0 Å². The van der Waals surface area contributed by atoms with E-state index in [1.165, 1.54) is 0 Å². The van der Waals surface area contributed by atoms with E-state index in [2.05, 4.69) is 19.2 Å². The minimum atomic E-state index is -0.161. The number of nitrogens with one attached hydrogen (secondary N) is 1. The van der Waals surface area contributed by atoms with Crippen molar-refractivity contribution in [3.63, 3.8) is 0 Å². The molecule has 0 fully saturated rings. The van der Waals surface area contributed by atoms with Crippen LogP contribution in [0.2, 0.25) is 0 Å². The number of hydrogen-bond donors (Lipinski definition) is 1. The third-order valence-electron chi connectivity index (χ3n) is 4.38. The molecule has 0 bridgehead atoms. The molecule has 1 N–H and O–H groups in total. The van der Waals surface area contributed by atoms with Crippen LogP contribution in [0.4, 0.5) is 0 Å². The molecule has 27 heavy (non-hydrogen) atoms. The average Bonchev–Trinajstić information content (AvgIpc) is 2.65. The molecule has 0 aromatic heterocycles. The van der Waals surface area contributed by atoms with Gasteiger partial charge in [0.25, 0.3) is 5.91 Å². The van der Waals surface area contributed by atoms with Crippen molar-refractivity contribution >= 4 is 5.91 Å². The molecule has 0 unspecified atom stereocenters.